The average Bonchev–Trinajstić information content (AvgIpc) is 3.72. The van der Waals surface area contributed by atoms with Crippen LogP contribution in [0.5, 0.6) is 0 Å². The van der Waals surface area contributed by atoms with Crippen LogP contribution in [0.4, 0.5) is 4.39 Å². The third-order valence-electron chi connectivity index (χ3n) is 6.63. The van der Waals surface area contributed by atoms with Crippen LogP contribution in [-0.2, 0) is 0 Å². The molecule has 10 heteroatoms. The molecule has 2 aromatic carbocycles. The molecular weight excluding hydrogens is 485 g/mol. The highest BCUT2D eigenvalue weighted by atomic mass is 35.5. The molecule has 1 aliphatic heterocycles. The fourth-order valence-electron chi connectivity index (χ4n) is 4.47. The lowest BCUT2D eigenvalue weighted by atomic mass is 10.0. The number of nitriles is 1. The Balaban J connectivity index is 1.25. The minimum Gasteiger partial charge on any atom is -0.349 e. The lowest BCUT2D eigenvalue weighted by Gasteiger charge is -2.32. The highest BCUT2D eigenvalue weighted by molar-refractivity contribution is 6.31. The molecule has 0 spiro atoms. The van der Waals surface area contributed by atoms with Gasteiger partial charge >= 0.3 is 0 Å². The molecule has 1 saturated heterocycles. The van der Waals surface area contributed by atoms with E-state index in [4.69, 9.17) is 16.9 Å². The number of hydrogen-bond donors (Lipinski definition) is 2. The molecule has 3 aromatic rings. The van der Waals surface area contributed by atoms with Gasteiger partial charge in [-0.05, 0) is 62.1 Å². The van der Waals surface area contributed by atoms with Crippen molar-refractivity contribution in [3.63, 3.8) is 0 Å². The van der Waals surface area contributed by atoms with Crippen LogP contribution in [0, 0.1) is 17.1 Å². The van der Waals surface area contributed by atoms with E-state index in [0.717, 1.165) is 18.9 Å². The quantitative estimate of drug-likeness (QED) is 0.549. The average molecular weight is 508 g/mol. The van der Waals surface area contributed by atoms with Crippen molar-refractivity contribution in [2.75, 3.05) is 13.1 Å². The maximum atomic E-state index is 14.1. The normalized spacial score (nSPS) is 16.5. The van der Waals surface area contributed by atoms with Crippen molar-refractivity contribution in [2.45, 2.75) is 37.8 Å². The first-order valence-electron chi connectivity index (χ1n) is 11.7. The molecule has 0 bridgehead atoms. The molecule has 1 aliphatic carbocycles. The zero-order chi connectivity index (χ0) is 25.4. The number of hydrogen-bond acceptors (Lipinski definition) is 5. The number of carbonyl (C=O) groups excluding carboxylic acids is 2. The second kappa shape index (κ2) is 9.72. The van der Waals surface area contributed by atoms with Crippen molar-refractivity contribution < 1.29 is 14.0 Å². The van der Waals surface area contributed by atoms with Gasteiger partial charge in [-0.15, -0.1) is 0 Å². The lowest BCUT2D eigenvalue weighted by Crippen LogP contribution is -2.51. The van der Waals surface area contributed by atoms with E-state index >= 15 is 0 Å². The van der Waals surface area contributed by atoms with E-state index in [-0.39, 0.29) is 34.0 Å². The summed E-state index contributed by atoms with van der Waals surface area (Å²) in [5.74, 6) is -1.47. The molecule has 36 heavy (non-hydrogen) atoms. The minimum atomic E-state index is -0.703. The van der Waals surface area contributed by atoms with Crippen LogP contribution < -0.4 is 16.2 Å². The Kier molecular flexibility index (Phi) is 6.48. The third-order valence-corrected chi connectivity index (χ3v) is 6.91. The molecule has 184 valence electrons. The number of nitrogens with one attached hydrogen (secondary N) is 2. The molecule has 0 atom stereocenters. The van der Waals surface area contributed by atoms with E-state index in [0.29, 0.717) is 42.6 Å². The summed E-state index contributed by atoms with van der Waals surface area (Å²) >= 11 is 5.94. The number of piperidine rings is 1. The summed E-state index contributed by atoms with van der Waals surface area (Å²) in [7, 11) is 0. The van der Waals surface area contributed by atoms with E-state index in [1.54, 1.807) is 29.3 Å². The molecule has 2 heterocycles. The van der Waals surface area contributed by atoms with Gasteiger partial charge < -0.3 is 9.88 Å². The van der Waals surface area contributed by atoms with Gasteiger partial charge in [-0.2, -0.15) is 5.26 Å². The largest absolute Gasteiger partial charge is 0.349 e. The lowest BCUT2D eigenvalue weighted by molar-refractivity contribution is 0.0700. The van der Waals surface area contributed by atoms with Crippen molar-refractivity contribution in [3.05, 3.63) is 80.3 Å². The number of fused-ring (bicyclic) bond motifs is 1. The smallest absolute Gasteiger partial charge is 0.271 e. The van der Waals surface area contributed by atoms with Crippen molar-refractivity contribution >= 4 is 34.3 Å². The summed E-state index contributed by atoms with van der Waals surface area (Å²) in [6.07, 6.45) is 4.58. The molecule has 1 aromatic heterocycles. The van der Waals surface area contributed by atoms with Crippen LogP contribution in [0.1, 0.15) is 58.0 Å². The summed E-state index contributed by atoms with van der Waals surface area (Å²) in [6, 6.07) is 11.1. The molecule has 8 nitrogen and oxygen atoms in total. The Hall–Kier alpha value is -3.74. The standard InChI is InChI=1S/C26H23ClFN5O3/c27-21-12-23-19(11-22(21)28)24(34)20(14-33(23)18-5-6-18)26(36)31-32-9-7-17(8-10-32)30-25(35)16-3-1-15(13-29)2-4-16/h1-4,11-12,14,17-18H,5-10H2,(H,30,35)(H,31,36). The van der Waals surface area contributed by atoms with E-state index in [1.165, 1.54) is 12.3 Å². The first-order valence-corrected chi connectivity index (χ1v) is 12.1. The van der Waals surface area contributed by atoms with Crippen molar-refractivity contribution in [1.82, 2.24) is 20.3 Å². The zero-order valence-electron chi connectivity index (χ0n) is 19.3. The Morgan fingerprint density at radius 2 is 1.75 bits per heavy atom. The molecular formula is C26H23ClFN5O3. The number of benzene rings is 2. The summed E-state index contributed by atoms with van der Waals surface area (Å²) < 4.78 is 16.0. The molecule has 2 amide bonds. The predicted molar refractivity (Wildman–Crippen MR) is 132 cm³/mol. The van der Waals surface area contributed by atoms with Gasteiger partial charge in [0.2, 0.25) is 5.43 Å². The van der Waals surface area contributed by atoms with Crippen LogP contribution in [0.2, 0.25) is 5.02 Å². The maximum absolute atomic E-state index is 14.1. The molecule has 2 aliphatic rings. The van der Waals surface area contributed by atoms with Gasteiger partial charge in [-0.3, -0.25) is 19.8 Å². The fourth-order valence-corrected chi connectivity index (χ4v) is 4.62. The van der Waals surface area contributed by atoms with Gasteiger partial charge in [-0.1, -0.05) is 11.6 Å². The Bertz CT molecular complexity index is 1450. The van der Waals surface area contributed by atoms with Crippen LogP contribution in [-0.4, -0.2) is 40.5 Å². The second-order valence-corrected chi connectivity index (χ2v) is 9.57. The van der Waals surface area contributed by atoms with Crippen LogP contribution in [0.3, 0.4) is 0 Å². The zero-order valence-corrected chi connectivity index (χ0v) is 20.0. The highest BCUT2D eigenvalue weighted by Crippen LogP contribution is 2.37. The SMILES string of the molecule is N#Cc1ccc(C(=O)NC2CCN(NC(=O)c3cn(C4CC4)c4cc(Cl)c(F)cc4c3=O)CC2)cc1. The first kappa shape index (κ1) is 24.0. The highest BCUT2D eigenvalue weighted by Gasteiger charge is 2.28. The Labute approximate surface area is 211 Å². The van der Waals surface area contributed by atoms with Crippen molar-refractivity contribution in [3.8, 4) is 6.07 Å². The first-order chi connectivity index (χ1) is 17.3. The van der Waals surface area contributed by atoms with Crippen LogP contribution in [0.25, 0.3) is 10.9 Å². The monoisotopic (exact) mass is 507 g/mol. The second-order valence-electron chi connectivity index (χ2n) is 9.16. The van der Waals surface area contributed by atoms with E-state index in [9.17, 15) is 18.8 Å². The number of aromatic nitrogens is 1. The number of nitrogens with zero attached hydrogens (tertiary/aromatic N) is 3. The Morgan fingerprint density at radius 1 is 1.06 bits per heavy atom. The van der Waals surface area contributed by atoms with Gasteiger partial charge in [0.1, 0.15) is 11.4 Å². The van der Waals surface area contributed by atoms with Gasteiger partial charge in [0.25, 0.3) is 11.8 Å². The van der Waals surface area contributed by atoms with Crippen molar-refractivity contribution in [1.29, 1.82) is 5.26 Å². The van der Waals surface area contributed by atoms with E-state index in [2.05, 4.69) is 10.7 Å². The third kappa shape index (κ3) is 4.83. The summed E-state index contributed by atoms with van der Waals surface area (Å²) in [4.78, 5) is 38.6. The number of rotatable bonds is 5. The van der Waals surface area contributed by atoms with Gasteiger partial charge in [0.15, 0.2) is 0 Å². The van der Waals surface area contributed by atoms with Crippen LogP contribution >= 0.6 is 11.6 Å². The number of amides is 2. The van der Waals surface area contributed by atoms with Gasteiger partial charge in [0.05, 0.1) is 22.2 Å². The molecule has 2 fully saturated rings. The summed E-state index contributed by atoms with van der Waals surface area (Å²) in [5.41, 5.74) is 3.68. The van der Waals surface area contributed by atoms with Gasteiger partial charge in [0, 0.05) is 42.3 Å². The topological polar surface area (TPSA) is 107 Å². The number of carbonyl (C=O) groups is 2. The van der Waals surface area contributed by atoms with Crippen LogP contribution in [0.15, 0.2) is 47.4 Å². The predicted octanol–water partition coefficient (Wildman–Crippen LogP) is 3.54. The summed E-state index contributed by atoms with van der Waals surface area (Å²) in [6.45, 7) is 0.970. The van der Waals surface area contributed by atoms with E-state index in [1.807, 2.05) is 10.6 Å². The van der Waals surface area contributed by atoms with Gasteiger partial charge in [-0.25, -0.2) is 9.40 Å². The summed E-state index contributed by atoms with van der Waals surface area (Å²) in [5, 5.41) is 13.7. The minimum absolute atomic E-state index is 0.0487. The number of halogens is 2. The number of pyridine rings is 1. The molecule has 0 radical (unpaired) electrons. The molecule has 1 saturated carbocycles. The number of hydrazine groups is 1. The Morgan fingerprint density at radius 3 is 2.39 bits per heavy atom. The molecule has 0 unspecified atom stereocenters. The van der Waals surface area contributed by atoms with E-state index < -0.39 is 17.2 Å². The molecule has 2 N–H and O–H groups in total. The van der Waals surface area contributed by atoms with Crippen molar-refractivity contribution in [2.24, 2.45) is 0 Å². The molecule has 5 rings (SSSR count). The fraction of sp³-hybridized carbons (Fsp3) is 0.308. The maximum Gasteiger partial charge on any atom is 0.271 e.